The summed E-state index contributed by atoms with van der Waals surface area (Å²) in [5.74, 6) is -3.38. The topological polar surface area (TPSA) is 184 Å². The molecule has 14 heteroatoms. The molecule has 14 nitrogen and oxygen atoms in total. The number of aldehydes is 1. The number of pyridine rings is 1. The van der Waals surface area contributed by atoms with Crippen molar-refractivity contribution in [3.05, 3.63) is 29.6 Å². The first-order valence-corrected chi connectivity index (χ1v) is 14.9. The van der Waals surface area contributed by atoms with E-state index in [0.717, 1.165) is 31.1 Å². The number of aryl methyl sites for hydroxylation is 1. The second-order valence-corrected chi connectivity index (χ2v) is 10.8. The van der Waals surface area contributed by atoms with E-state index < -0.39 is 23.9 Å². The van der Waals surface area contributed by atoms with Crippen LogP contribution >= 0.6 is 0 Å². The number of hydrogen-bond donors (Lipinski definition) is 4. The molecule has 43 heavy (non-hydrogen) atoms. The molecule has 1 unspecified atom stereocenters. The zero-order chi connectivity index (χ0) is 31.6. The number of carbonyl (C=O) groups excluding carboxylic acids is 2. The van der Waals surface area contributed by atoms with E-state index in [1.807, 2.05) is 11.0 Å². The molecule has 1 amide bonds. The Bertz CT molecular complexity index is 1040. The number of nitrogens with one attached hydrogen (secondary N) is 1. The largest absolute Gasteiger partial charge is 0.480 e. The summed E-state index contributed by atoms with van der Waals surface area (Å²) in [5, 5.41) is 31.6. The zero-order valence-electron chi connectivity index (χ0n) is 25.0. The fourth-order valence-corrected chi connectivity index (χ4v) is 4.99. The van der Waals surface area contributed by atoms with Crippen molar-refractivity contribution in [3.63, 3.8) is 0 Å². The Morgan fingerprint density at radius 3 is 1.98 bits per heavy atom. The molecule has 1 aliphatic heterocycles. The van der Waals surface area contributed by atoms with E-state index in [1.54, 1.807) is 27.0 Å². The molecule has 1 atom stereocenters. The second-order valence-electron chi connectivity index (χ2n) is 10.8. The molecule has 240 valence electrons. The van der Waals surface area contributed by atoms with Crippen LogP contribution in [0.15, 0.2) is 18.3 Å². The van der Waals surface area contributed by atoms with Crippen LogP contribution < -0.4 is 5.32 Å². The maximum absolute atomic E-state index is 12.5. The molecule has 1 aromatic heterocycles. The van der Waals surface area contributed by atoms with Crippen LogP contribution in [0, 0.1) is 0 Å². The minimum absolute atomic E-state index is 0.122. The molecule has 0 spiro atoms. The lowest BCUT2D eigenvalue weighted by Gasteiger charge is -2.35. The van der Waals surface area contributed by atoms with Gasteiger partial charge >= 0.3 is 17.9 Å². The van der Waals surface area contributed by atoms with Gasteiger partial charge in [0.05, 0.1) is 19.6 Å². The summed E-state index contributed by atoms with van der Waals surface area (Å²) in [5.41, 5.74) is 1.37. The number of unbranched alkanes of at least 4 members (excludes halogenated alkanes) is 1. The molecule has 0 aromatic carbocycles. The van der Waals surface area contributed by atoms with Crippen LogP contribution in [0.1, 0.15) is 48.7 Å². The van der Waals surface area contributed by atoms with Crippen LogP contribution in [0.25, 0.3) is 0 Å². The van der Waals surface area contributed by atoms with Gasteiger partial charge in [0, 0.05) is 65.1 Å². The molecular formula is C29H46N6O8. The molecule has 1 saturated heterocycles. The highest BCUT2D eigenvalue weighted by molar-refractivity contribution is 5.92. The molecule has 4 N–H and O–H groups in total. The second kappa shape index (κ2) is 19.7. The van der Waals surface area contributed by atoms with Crippen molar-refractivity contribution in [3.8, 4) is 0 Å². The highest BCUT2D eigenvalue weighted by Crippen LogP contribution is 2.11. The minimum Gasteiger partial charge on any atom is -0.480 e. The lowest BCUT2D eigenvalue weighted by atomic mass is 10.1. The van der Waals surface area contributed by atoms with Crippen molar-refractivity contribution in [1.29, 1.82) is 0 Å². The lowest BCUT2D eigenvalue weighted by Crippen LogP contribution is -2.51. The van der Waals surface area contributed by atoms with Crippen LogP contribution in [-0.4, -0.2) is 155 Å². The van der Waals surface area contributed by atoms with Crippen molar-refractivity contribution in [2.45, 2.75) is 45.1 Å². The highest BCUT2D eigenvalue weighted by atomic mass is 16.4. The number of aromatic nitrogens is 1. The summed E-state index contributed by atoms with van der Waals surface area (Å²) in [7, 11) is 0. The summed E-state index contributed by atoms with van der Waals surface area (Å²) >= 11 is 0. The van der Waals surface area contributed by atoms with Crippen molar-refractivity contribution in [1.82, 2.24) is 29.9 Å². The summed E-state index contributed by atoms with van der Waals surface area (Å²) in [6.45, 7) is 4.60. The van der Waals surface area contributed by atoms with E-state index in [2.05, 4.69) is 17.2 Å². The van der Waals surface area contributed by atoms with Gasteiger partial charge in [0.25, 0.3) is 5.91 Å². The monoisotopic (exact) mass is 606 g/mol. The van der Waals surface area contributed by atoms with E-state index in [0.29, 0.717) is 51.4 Å². The van der Waals surface area contributed by atoms with Crippen LogP contribution in [0.4, 0.5) is 0 Å². The van der Waals surface area contributed by atoms with Crippen LogP contribution in [0.2, 0.25) is 0 Å². The van der Waals surface area contributed by atoms with Gasteiger partial charge in [-0.3, -0.25) is 43.8 Å². The Balaban J connectivity index is 2.05. The fraction of sp³-hybridized carbons (Fsp3) is 0.655. The molecule has 0 saturated carbocycles. The van der Waals surface area contributed by atoms with Crippen molar-refractivity contribution in [2.75, 3.05) is 78.5 Å². The third kappa shape index (κ3) is 14.0. The minimum atomic E-state index is -1.03. The molecule has 0 radical (unpaired) electrons. The van der Waals surface area contributed by atoms with Gasteiger partial charge in [-0.1, -0.05) is 19.4 Å². The van der Waals surface area contributed by atoms with Crippen LogP contribution in [-0.2, 0) is 25.6 Å². The maximum atomic E-state index is 12.5. The van der Waals surface area contributed by atoms with Gasteiger partial charge in [-0.05, 0) is 37.3 Å². The average Bonchev–Trinajstić information content (AvgIpc) is 2.96. The zero-order valence-corrected chi connectivity index (χ0v) is 25.0. The molecule has 1 aromatic rings. The van der Waals surface area contributed by atoms with Gasteiger partial charge < -0.3 is 25.4 Å². The van der Waals surface area contributed by atoms with E-state index in [4.69, 9.17) is 0 Å². The van der Waals surface area contributed by atoms with Gasteiger partial charge in [-0.25, -0.2) is 0 Å². The predicted octanol–water partition coefficient (Wildman–Crippen LogP) is -0.0229. The average molecular weight is 607 g/mol. The number of aliphatic carboxylic acids is 3. The Labute approximate surface area is 252 Å². The fourth-order valence-electron chi connectivity index (χ4n) is 4.99. The third-order valence-corrected chi connectivity index (χ3v) is 7.46. The molecule has 0 bridgehead atoms. The van der Waals surface area contributed by atoms with Crippen molar-refractivity contribution >= 4 is 30.1 Å². The number of rotatable bonds is 16. The number of carboxylic acid groups (broad SMARTS) is 3. The summed E-state index contributed by atoms with van der Waals surface area (Å²) < 4.78 is 0. The van der Waals surface area contributed by atoms with Gasteiger partial charge in [-0.15, -0.1) is 0 Å². The van der Waals surface area contributed by atoms with Gasteiger partial charge in [0.15, 0.2) is 0 Å². The standard InChI is InChI=1S/C29H46N6O8/c1-2-3-5-23-7-8-24(31-20-23)28(41)30-9-4-6-25(29(42)43)35-16-14-32(18-19-36)10-11-33(21-26(37)38)12-13-34(15-17-35)22-27(39)40/h7-8,19-20,25H,2-6,9-18,21-22H2,1H3,(H,30,41)(H,37,38)(H,39,40)(H,42,43). The van der Waals surface area contributed by atoms with Crippen LogP contribution in [0.5, 0.6) is 0 Å². The first kappa shape index (κ1) is 35.7. The van der Waals surface area contributed by atoms with E-state index >= 15 is 0 Å². The number of nitrogens with zero attached hydrogens (tertiary/aromatic N) is 5. The summed E-state index contributed by atoms with van der Waals surface area (Å²) in [6, 6.07) is 2.69. The molecule has 1 fully saturated rings. The number of amides is 1. The highest BCUT2D eigenvalue weighted by Gasteiger charge is 2.27. The van der Waals surface area contributed by atoms with E-state index in [9.17, 15) is 39.3 Å². The Kier molecular flexibility index (Phi) is 16.4. The number of carboxylic acids is 3. The first-order valence-electron chi connectivity index (χ1n) is 14.9. The van der Waals surface area contributed by atoms with Gasteiger partial charge in [0.2, 0.25) is 0 Å². The smallest absolute Gasteiger partial charge is 0.320 e. The quantitative estimate of drug-likeness (QED) is 0.146. The molecule has 0 aliphatic carbocycles. The lowest BCUT2D eigenvalue weighted by molar-refractivity contribution is -0.144. The van der Waals surface area contributed by atoms with Crippen molar-refractivity contribution < 1.29 is 39.3 Å². The normalized spacial score (nSPS) is 17.3. The molecule has 2 heterocycles. The molecular weight excluding hydrogens is 560 g/mol. The number of carbonyl (C=O) groups is 5. The summed E-state index contributed by atoms with van der Waals surface area (Å²) in [6.07, 6.45) is 6.13. The Hall–Kier alpha value is -3.46. The van der Waals surface area contributed by atoms with Gasteiger partial charge in [-0.2, -0.15) is 0 Å². The molecule has 1 aliphatic rings. The maximum Gasteiger partial charge on any atom is 0.320 e. The first-order chi connectivity index (χ1) is 20.6. The predicted molar refractivity (Wildman–Crippen MR) is 158 cm³/mol. The van der Waals surface area contributed by atoms with Crippen LogP contribution in [0.3, 0.4) is 0 Å². The van der Waals surface area contributed by atoms with Gasteiger partial charge in [0.1, 0.15) is 18.0 Å². The summed E-state index contributed by atoms with van der Waals surface area (Å²) in [4.78, 5) is 70.3. The SMILES string of the molecule is CCCCc1ccc(C(=O)NCCCC(C(=O)O)N2CCN(CC=O)CCN(CC(=O)O)CCN(CC(=O)O)CC2)nc1. The molecule has 2 rings (SSSR count). The van der Waals surface area contributed by atoms with Crippen molar-refractivity contribution in [2.24, 2.45) is 0 Å². The Morgan fingerprint density at radius 1 is 0.884 bits per heavy atom. The van der Waals surface area contributed by atoms with E-state index in [-0.39, 0.29) is 51.6 Å². The number of hydrogen-bond acceptors (Lipinski definition) is 10. The third-order valence-electron chi connectivity index (χ3n) is 7.46. The van der Waals surface area contributed by atoms with E-state index in [1.165, 1.54) is 0 Å². The Morgan fingerprint density at radius 2 is 1.47 bits per heavy atom.